The van der Waals surface area contributed by atoms with Crippen LogP contribution in [0.15, 0.2) is 84.9 Å². The zero-order valence-electron chi connectivity index (χ0n) is 20.3. The fraction of sp³-hybridized carbons (Fsp3) is 0.276. The number of primary amides is 1. The third-order valence-corrected chi connectivity index (χ3v) is 5.74. The minimum atomic E-state index is -0.763. The fourth-order valence-corrected chi connectivity index (χ4v) is 3.74. The number of amides is 3. The van der Waals surface area contributed by atoms with Crippen molar-refractivity contribution in [2.75, 3.05) is 6.54 Å². The molecule has 0 bridgehead atoms. The van der Waals surface area contributed by atoms with Crippen LogP contribution in [0.25, 0.3) is 11.1 Å². The normalized spacial score (nSPS) is 11.3. The quantitative estimate of drug-likeness (QED) is 0.311. The van der Waals surface area contributed by atoms with Gasteiger partial charge in [0.1, 0.15) is 12.6 Å². The monoisotopic (exact) mass is 487 g/mol. The summed E-state index contributed by atoms with van der Waals surface area (Å²) in [6.07, 6.45) is 2.29. The predicted octanol–water partition coefficient (Wildman–Crippen LogP) is 4.35. The van der Waals surface area contributed by atoms with Crippen LogP contribution in [-0.2, 0) is 27.4 Å². The highest BCUT2D eigenvalue weighted by atomic mass is 16.5. The van der Waals surface area contributed by atoms with Gasteiger partial charge in [-0.1, -0.05) is 91.3 Å². The molecule has 3 aromatic carbocycles. The summed E-state index contributed by atoms with van der Waals surface area (Å²) >= 11 is 0. The van der Waals surface area contributed by atoms with Gasteiger partial charge in [0, 0.05) is 19.4 Å². The average molecular weight is 488 g/mol. The van der Waals surface area contributed by atoms with Gasteiger partial charge in [-0.3, -0.25) is 9.59 Å². The number of rotatable bonds is 13. The number of benzene rings is 3. The minimum Gasteiger partial charge on any atom is -0.445 e. The molecule has 0 heterocycles. The van der Waals surface area contributed by atoms with E-state index < -0.39 is 18.0 Å². The van der Waals surface area contributed by atoms with Crippen molar-refractivity contribution in [3.63, 3.8) is 0 Å². The van der Waals surface area contributed by atoms with Crippen LogP contribution in [0, 0.1) is 0 Å². The first-order valence-corrected chi connectivity index (χ1v) is 12.2. The van der Waals surface area contributed by atoms with Crippen molar-refractivity contribution in [1.29, 1.82) is 0 Å². The highest BCUT2D eigenvalue weighted by Crippen LogP contribution is 2.19. The summed E-state index contributed by atoms with van der Waals surface area (Å²) in [5.41, 5.74) is 9.58. The Morgan fingerprint density at radius 2 is 1.39 bits per heavy atom. The molecule has 36 heavy (non-hydrogen) atoms. The van der Waals surface area contributed by atoms with Gasteiger partial charge in [-0.05, 0) is 35.1 Å². The maximum Gasteiger partial charge on any atom is 0.407 e. The van der Waals surface area contributed by atoms with Gasteiger partial charge >= 0.3 is 6.09 Å². The summed E-state index contributed by atoms with van der Waals surface area (Å²) in [7, 11) is 0. The molecule has 0 spiro atoms. The first-order chi connectivity index (χ1) is 17.5. The van der Waals surface area contributed by atoms with E-state index in [0.29, 0.717) is 19.4 Å². The van der Waals surface area contributed by atoms with Crippen LogP contribution in [0.4, 0.5) is 4.79 Å². The Morgan fingerprint density at radius 3 is 2.06 bits per heavy atom. The molecule has 4 N–H and O–H groups in total. The average Bonchev–Trinajstić information content (AvgIpc) is 2.90. The largest absolute Gasteiger partial charge is 0.445 e. The van der Waals surface area contributed by atoms with E-state index in [1.54, 1.807) is 0 Å². The Labute approximate surface area is 212 Å². The van der Waals surface area contributed by atoms with Crippen LogP contribution in [-0.4, -0.2) is 30.5 Å². The van der Waals surface area contributed by atoms with E-state index in [1.807, 2.05) is 84.9 Å². The summed E-state index contributed by atoms with van der Waals surface area (Å²) in [6, 6.07) is 26.6. The second-order valence-electron chi connectivity index (χ2n) is 8.59. The van der Waals surface area contributed by atoms with Crippen LogP contribution < -0.4 is 16.4 Å². The van der Waals surface area contributed by atoms with Crippen molar-refractivity contribution in [2.24, 2.45) is 5.73 Å². The zero-order chi connectivity index (χ0) is 25.6. The molecule has 3 rings (SSSR count). The molecule has 0 radical (unpaired) electrons. The van der Waals surface area contributed by atoms with E-state index in [-0.39, 0.29) is 18.9 Å². The SMILES string of the molecule is NC(=O)[C@@H](Cc1ccc(-c2ccccc2)cc1)NC(=O)CCCCCNC(=O)OCc1ccccc1. The summed E-state index contributed by atoms with van der Waals surface area (Å²) in [5, 5.41) is 5.46. The molecule has 0 aliphatic carbocycles. The zero-order valence-corrected chi connectivity index (χ0v) is 20.3. The van der Waals surface area contributed by atoms with Crippen molar-refractivity contribution >= 4 is 17.9 Å². The molecule has 3 amide bonds. The highest BCUT2D eigenvalue weighted by molar-refractivity contribution is 5.86. The van der Waals surface area contributed by atoms with Crippen LogP contribution in [0.1, 0.15) is 36.8 Å². The van der Waals surface area contributed by atoms with E-state index in [4.69, 9.17) is 10.5 Å². The Morgan fingerprint density at radius 1 is 0.750 bits per heavy atom. The topological polar surface area (TPSA) is 111 Å². The van der Waals surface area contributed by atoms with Crippen molar-refractivity contribution in [3.8, 4) is 11.1 Å². The van der Waals surface area contributed by atoms with Crippen LogP contribution in [0.3, 0.4) is 0 Å². The molecule has 7 heteroatoms. The number of unbranched alkanes of at least 4 members (excludes halogenated alkanes) is 2. The van der Waals surface area contributed by atoms with E-state index in [1.165, 1.54) is 0 Å². The van der Waals surface area contributed by atoms with Crippen molar-refractivity contribution in [2.45, 2.75) is 44.8 Å². The molecule has 0 aliphatic heterocycles. The molecular formula is C29H33N3O4. The van der Waals surface area contributed by atoms with E-state index in [2.05, 4.69) is 10.6 Å². The summed E-state index contributed by atoms with van der Waals surface area (Å²) < 4.78 is 5.16. The molecule has 7 nitrogen and oxygen atoms in total. The van der Waals surface area contributed by atoms with Crippen molar-refractivity contribution in [3.05, 3.63) is 96.1 Å². The Hall–Kier alpha value is -4.13. The van der Waals surface area contributed by atoms with Gasteiger partial charge in [-0.15, -0.1) is 0 Å². The van der Waals surface area contributed by atoms with Gasteiger partial charge in [0.15, 0.2) is 0 Å². The Kier molecular flexibility index (Phi) is 10.5. The first kappa shape index (κ1) is 26.5. The van der Waals surface area contributed by atoms with E-state index >= 15 is 0 Å². The maximum atomic E-state index is 12.3. The van der Waals surface area contributed by atoms with Crippen molar-refractivity contribution in [1.82, 2.24) is 10.6 Å². The molecular weight excluding hydrogens is 454 g/mol. The summed E-state index contributed by atoms with van der Waals surface area (Å²) in [6.45, 7) is 0.698. The summed E-state index contributed by atoms with van der Waals surface area (Å²) in [4.78, 5) is 36.0. The lowest BCUT2D eigenvalue weighted by molar-refractivity contribution is -0.127. The number of nitrogens with two attached hydrogens (primary N) is 1. The third-order valence-electron chi connectivity index (χ3n) is 5.74. The van der Waals surface area contributed by atoms with Crippen LogP contribution in [0.2, 0.25) is 0 Å². The molecule has 0 fully saturated rings. The molecule has 3 aromatic rings. The van der Waals surface area contributed by atoms with E-state index in [9.17, 15) is 14.4 Å². The molecule has 1 atom stereocenters. The number of carbonyl (C=O) groups excluding carboxylic acids is 3. The molecule has 0 saturated carbocycles. The first-order valence-electron chi connectivity index (χ1n) is 12.2. The molecule has 0 unspecified atom stereocenters. The van der Waals surface area contributed by atoms with Crippen LogP contribution in [0.5, 0.6) is 0 Å². The standard InChI is InChI=1S/C29H33N3O4/c30-28(34)26(20-22-15-17-25(18-16-22)24-12-6-2-7-13-24)32-27(33)14-8-3-9-19-31-29(35)36-21-23-10-4-1-5-11-23/h1-2,4-7,10-13,15-18,26H,3,8-9,14,19-21H2,(H2,30,34)(H,31,35)(H,32,33)/t26-/m1/s1. The third kappa shape index (κ3) is 9.25. The van der Waals surface area contributed by atoms with Crippen molar-refractivity contribution < 1.29 is 19.1 Å². The molecule has 0 aromatic heterocycles. The fourth-order valence-electron chi connectivity index (χ4n) is 3.74. The maximum absolute atomic E-state index is 12.3. The molecule has 0 saturated heterocycles. The second-order valence-corrected chi connectivity index (χ2v) is 8.59. The van der Waals surface area contributed by atoms with Gasteiger partial charge in [0.05, 0.1) is 0 Å². The highest BCUT2D eigenvalue weighted by Gasteiger charge is 2.18. The second kappa shape index (κ2) is 14.3. The summed E-state index contributed by atoms with van der Waals surface area (Å²) in [5.74, 6) is -0.774. The van der Waals surface area contributed by atoms with Gasteiger partial charge in [-0.2, -0.15) is 0 Å². The minimum absolute atomic E-state index is 0.213. The Balaban J connectivity index is 1.31. The van der Waals surface area contributed by atoms with Gasteiger partial charge < -0.3 is 21.1 Å². The molecule has 0 aliphatic rings. The van der Waals surface area contributed by atoms with Gasteiger partial charge in [0.2, 0.25) is 11.8 Å². The number of hydrogen-bond acceptors (Lipinski definition) is 4. The number of nitrogens with one attached hydrogen (secondary N) is 2. The lowest BCUT2D eigenvalue weighted by Gasteiger charge is -2.16. The lowest BCUT2D eigenvalue weighted by atomic mass is 10.0. The number of carbonyl (C=O) groups is 3. The van der Waals surface area contributed by atoms with Gasteiger partial charge in [0.25, 0.3) is 0 Å². The van der Waals surface area contributed by atoms with E-state index in [0.717, 1.165) is 35.1 Å². The van der Waals surface area contributed by atoms with Gasteiger partial charge in [-0.25, -0.2) is 4.79 Å². The van der Waals surface area contributed by atoms with Crippen LogP contribution >= 0.6 is 0 Å². The predicted molar refractivity (Wildman–Crippen MR) is 140 cm³/mol. The number of hydrogen-bond donors (Lipinski definition) is 3. The molecule has 188 valence electrons. The smallest absolute Gasteiger partial charge is 0.407 e. The number of alkyl carbamates (subject to hydrolysis) is 1. The lowest BCUT2D eigenvalue weighted by Crippen LogP contribution is -2.45. The number of ether oxygens (including phenoxy) is 1. The Bertz CT molecular complexity index is 1100.